The Morgan fingerprint density at radius 3 is 2.45 bits per heavy atom. The Morgan fingerprint density at radius 1 is 1.09 bits per heavy atom. The number of hydrogen-bond acceptors (Lipinski definition) is 4. The predicted molar refractivity (Wildman–Crippen MR) is 134 cm³/mol. The highest BCUT2D eigenvalue weighted by Gasteiger charge is 2.36. The summed E-state index contributed by atoms with van der Waals surface area (Å²) in [5, 5.41) is 0. The van der Waals surface area contributed by atoms with Crippen LogP contribution in [0.1, 0.15) is 42.5 Å². The van der Waals surface area contributed by atoms with Crippen LogP contribution in [0.5, 0.6) is 5.75 Å². The van der Waals surface area contributed by atoms with Crippen molar-refractivity contribution < 1.29 is 13.2 Å². The molecule has 2 N–H and O–H groups in total. The van der Waals surface area contributed by atoms with Gasteiger partial charge in [0, 0.05) is 28.6 Å². The van der Waals surface area contributed by atoms with Crippen molar-refractivity contribution in [3.63, 3.8) is 0 Å². The van der Waals surface area contributed by atoms with E-state index in [9.17, 15) is 13.2 Å². The monoisotopic (exact) mass is 464 g/mol. The Balaban J connectivity index is 1.81. The van der Waals surface area contributed by atoms with E-state index in [-0.39, 0.29) is 11.0 Å². The van der Waals surface area contributed by atoms with Gasteiger partial charge in [-0.2, -0.15) is 0 Å². The van der Waals surface area contributed by atoms with Crippen LogP contribution in [-0.4, -0.2) is 26.8 Å². The Kier molecular flexibility index (Phi) is 5.93. The maximum atomic E-state index is 12.6. The molecule has 3 aromatic rings. The molecular weight excluding hydrogens is 436 g/mol. The van der Waals surface area contributed by atoms with Crippen LogP contribution in [0.15, 0.2) is 53.5 Å². The number of anilines is 1. The number of ether oxygens (including phenoxy) is 1. The lowest BCUT2D eigenvalue weighted by atomic mass is 9.83. The molecule has 1 aliphatic carbocycles. The fraction of sp³-hybridized carbons (Fsp3) is 0.269. The topological polar surface area (TPSA) is 88.3 Å². The van der Waals surface area contributed by atoms with Gasteiger partial charge in [-0.15, -0.1) is 0 Å². The normalized spacial score (nSPS) is 14.9. The van der Waals surface area contributed by atoms with Gasteiger partial charge in [-0.1, -0.05) is 38.1 Å². The first kappa shape index (κ1) is 22.9. The molecule has 0 saturated heterocycles. The summed E-state index contributed by atoms with van der Waals surface area (Å²) in [5.74, 6) is 0.829. The minimum Gasteiger partial charge on any atom is -0.496 e. The number of nitrogens with one attached hydrogen (secondary N) is 2. The van der Waals surface area contributed by atoms with E-state index in [4.69, 9.17) is 4.74 Å². The first-order valence-corrected chi connectivity index (χ1v) is 12.7. The highest BCUT2D eigenvalue weighted by atomic mass is 32.2. The van der Waals surface area contributed by atoms with Crippen LogP contribution in [0.25, 0.3) is 23.3 Å². The minimum absolute atomic E-state index is 0.0697. The van der Waals surface area contributed by atoms with Crippen molar-refractivity contribution in [2.75, 3.05) is 18.1 Å². The van der Waals surface area contributed by atoms with E-state index in [2.05, 4.69) is 23.6 Å². The first-order valence-electron chi connectivity index (χ1n) is 10.8. The lowest BCUT2D eigenvalue weighted by Gasteiger charge is -2.24. The van der Waals surface area contributed by atoms with Gasteiger partial charge in [0.25, 0.3) is 5.56 Å². The molecule has 2 aromatic carbocycles. The van der Waals surface area contributed by atoms with Gasteiger partial charge in [-0.3, -0.25) is 9.52 Å². The van der Waals surface area contributed by atoms with E-state index < -0.39 is 10.0 Å². The van der Waals surface area contributed by atoms with Gasteiger partial charge in [0.1, 0.15) is 5.75 Å². The fourth-order valence-electron chi connectivity index (χ4n) is 4.54. The summed E-state index contributed by atoms with van der Waals surface area (Å²) in [6.07, 6.45) is 8.57. The molecule has 6 nitrogen and oxygen atoms in total. The molecule has 0 radical (unpaired) electrons. The molecule has 0 spiro atoms. The Hall–Kier alpha value is -3.32. The van der Waals surface area contributed by atoms with Gasteiger partial charge in [-0.05, 0) is 65.3 Å². The summed E-state index contributed by atoms with van der Waals surface area (Å²) >= 11 is 0. The number of methoxy groups -OCH3 is 1. The van der Waals surface area contributed by atoms with Crippen LogP contribution in [0.4, 0.5) is 5.69 Å². The van der Waals surface area contributed by atoms with E-state index in [1.165, 1.54) is 5.56 Å². The van der Waals surface area contributed by atoms with Crippen LogP contribution in [0, 0.1) is 0 Å². The zero-order valence-corrected chi connectivity index (χ0v) is 20.0. The SMILES string of the molecule is COc1c(C=Cc2ccc(NS(C)(=O)=O)cc2)cc(-c2ccc[nH]c2=O)c2c1C(C)(C)CC2. The molecule has 0 aliphatic heterocycles. The lowest BCUT2D eigenvalue weighted by molar-refractivity contribution is 0.394. The second-order valence-corrected chi connectivity index (χ2v) is 10.8. The van der Waals surface area contributed by atoms with E-state index >= 15 is 0 Å². The Labute approximate surface area is 194 Å². The third-order valence-corrected chi connectivity index (χ3v) is 6.68. The van der Waals surface area contributed by atoms with Crippen LogP contribution in [0.3, 0.4) is 0 Å². The second kappa shape index (κ2) is 8.56. The van der Waals surface area contributed by atoms with Crippen LogP contribution < -0.4 is 15.0 Å². The molecule has 33 heavy (non-hydrogen) atoms. The predicted octanol–water partition coefficient (Wildman–Crippen LogP) is 4.82. The fourth-order valence-corrected chi connectivity index (χ4v) is 5.11. The molecule has 1 heterocycles. The summed E-state index contributed by atoms with van der Waals surface area (Å²) in [6.45, 7) is 4.42. The molecule has 0 saturated carbocycles. The summed E-state index contributed by atoms with van der Waals surface area (Å²) in [4.78, 5) is 15.4. The largest absolute Gasteiger partial charge is 0.496 e. The molecule has 0 fully saturated rings. The molecule has 1 aliphatic rings. The summed E-state index contributed by atoms with van der Waals surface area (Å²) in [6, 6.07) is 12.9. The standard InChI is InChI=1S/C26H28N2O4S/c1-26(2)14-13-20-22(21-6-5-15-27-25(21)29)16-18(24(32-3)23(20)26)10-7-17-8-11-19(12-9-17)28-33(4,30)31/h5-12,15-16,28H,13-14H2,1-4H3,(H,27,29). The summed E-state index contributed by atoms with van der Waals surface area (Å²) < 4.78 is 31.2. The maximum absolute atomic E-state index is 12.6. The smallest absolute Gasteiger partial charge is 0.255 e. The maximum Gasteiger partial charge on any atom is 0.255 e. The molecule has 172 valence electrons. The average molecular weight is 465 g/mol. The third kappa shape index (κ3) is 4.73. The van der Waals surface area contributed by atoms with Crippen molar-refractivity contribution in [1.82, 2.24) is 4.98 Å². The van der Waals surface area contributed by atoms with Crippen molar-refractivity contribution in [1.29, 1.82) is 0 Å². The zero-order valence-electron chi connectivity index (χ0n) is 19.2. The molecule has 7 heteroatoms. The highest BCUT2D eigenvalue weighted by molar-refractivity contribution is 7.92. The second-order valence-electron chi connectivity index (χ2n) is 9.03. The molecule has 4 rings (SSSR count). The number of aromatic amines is 1. The van der Waals surface area contributed by atoms with Gasteiger partial charge >= 0.3 is 0 Å². The van der Waals surface area contributed by atoms with E-state index in [0.717, 1.165) is 47.1 Å². The van der Waals surface area contributed by atoms with Crippen LogP contribution >= 0.6 is 0 Å². The van der Waals surface area contributed by atoms with Gasteiger partial charge in [-0.25, -0.2) is 8.42 Å². The first-order chi connectivity index (χ1) is 15.6. The van der Waals surface area contributed by atoms with Crippen molar-refractivity contribution in [2.45, 2.75) is 32.1 Å². The van der Waals surface area contributed by atoms with Crippen molar-refractivity contribution in [3.8, 4) is 16.9 Å². The molecule has 1 aromatic heterocycles. The number of sulfonamides is 1. The van der Waals surface area contributed by atoms with Crippen molar-refractivity contribution in [3.05, 3.63) is 81.3 Å². The minimum atomic E-state index is -3.32. The molecule has 0 unspecified atom stereocenters. The van der Waals surface area contributed by atoms with Gasteiger partial charge in [0.2, 0.25) is 10.0 Å². The highest BCUT2D eigenvalue weighted by Crippen LogP contribution is 2.49. The quantitative estimate of drug-likeness (QED) is 0.512. The summed E-state index contributed by atoms with van der Waals surface area (Å²) in [5.41, 5.74) is 6.04. The van der Waals surface area contributed by atoms with E-state index in [1.54, 1.807) is 25.4 Å². The number of aromatic nitrogens is 1. The molecular formula is C26H28N2O4S. The Morgan fingerprint density at radius 2 is 1.82 bits per heavy atom. The third-order valence-electron chi connectivity index (χ3n) is 6.07. The van der Waals surface area contributed by atoms with Crippen molar-refractivity contribution in [2.24, 2.45) is 0 Å². The number of hydrogen-bond donors (Lipinski definition) is 2. The van der Waals surface area contributed by atoms with E-state index in [1.807, 2.05) is 42.5 Å². The average Bonchev–Trinajstić information content (AvgIpc) is 3.07. The van der Waals surface area contributed by atoms with Crippen LogP contribution in [-0.2, 0) is 21.9 Å². The molecule has 0 bridgehead atoms. The van der Waals surface area contributed by atoms with Gasteiger partial charge < -0.3 is 9.72 Å². The van der Waals surface area contributed by atoms with Gasteiger partial charge in [0.05, 0.1) is 13.4 Å². The zero-order chi connectivity index (χ0) is 23.8. The lowest BCUT2D eigenvalue weighted by Crippen LogP contribution is -2.15. The number of H-pyrrole nitrogens is 1. The number of benzene rings is 2. The van der Waals surface area contributed by atoms with Gasteiger partial charge in [0.15, 0.2) is 0 Å². The number of fused-ring (bicyclic) bond motifs is 1. The Bertz CT molecular complexity index is 1380. The summed E-state index contributed by atoms with van der Waals surface area (Å²) in [7, 11) is -1.64. The molecule has 0 amide bonds. The number of rotatable bonds is 6. The van der Waals surface area contributed by atoms with E-state index in [0.29, 0.717) is 11.3 Å². The molecule has 0 atom stereocenters. The van der Waals surface area contributed by atoms with Crippen LogP contribution in [0.2, 0.25) is 0 Å². The van der Waals surface area contributed by atoms with Crippen molar-refractivity contribution >= 4 is 27.9 Å². The number of pyridine rings is 1.